The van der Waals surface area contributed by atoms with Crippen LogP contribution in [-0.2, 0) is 19.1 Å². The molecule has 4 atom stereocenters. The molecule has 0 unspecified atom stereocenters. The van der Waals surface area contributed by atoms with Gasteiger partial charge in [0.25, 0.3) is 5.91 Å². The van der Waals surface area contributed by atoms with Crippen LogP contribution in [0, 0.1) is 5.92 Å². The Labute approximate surface area is 214 Å². The van der Waals surface area contributed by atoms with Crippen molar-refractivity contribution in [3.8, 4) is 0 Å². The fraction of sp³-hybridized carbons (Fsp3) is 0.778. The van der Waals surface area contributed by atoms with E-state index in [1.54, 1.807) is 4.90 Å². The first kappa shape index (κ1) is 26.5. The minimum atomic E-state index is -0.941. The molecule has 4 rings (SSSR count). The van der Waals surface area contributed by atoms with Gasteiger partial charge in [-0.2, -0.15) is 0 Å². The van der Waals surface area contributed by atoms with Crippen molar-refractivity contribution in [1.82, 2.24) is 20.9 Å². The van der Waals surface area contributed by atoms with E-state index in [-0.39, 0.29) is 29.7 Å². The molecule has 2 aliphatic carbocycles. The number of hydrogen-bond acceptors (Lipinski definition) is 5. The van der Waals surface area contributed by atoms with Crippen LogP contribution in [-0.4, -0.2) is 64.5 Å². The van der Waals surface area contributed by atoms with Gasteiger partial charge in [-0.25, -0.2) is 4.79 Å². The van der Waals surface area contributed by atoms with Gasteiger partial charge in [0.15, 0.2) is 6.10 Å². The summed E-state index contributed by atoms with van der Waals surface area (Å²) < 4.78 is 5.61. The lowest BCUT2D eigenvalue weighted by Crippen LogP contribution is -2.58. The van der Waals surface area contributed by atoms with Crippen molar-refractivity contribution >= 4 is 23.8 Å². The molecule has 9 nitrogen and oxygen atoms in total. The highest BCUT2D eigenvalue weighted by atomic mass is 16.6. The van der Waals surface area contributed by atoms with Crippen LogP contribution >= 0.6 is 0 Å². The lowest BCUT2D eigenvalue weighted by atomic mass is 9.92. The maximum absolute atomic E-state index is 13.6. The molecule has 4 amide bonds. The van der Waals surface area contributed by atoms with E-state index in [0.29, 0.717) is 32.2 Å². The molecule has 0 bridgehead atoms. The fourth-order valence-electron chi connectivity index (χ4n) is 5.37. The van der Waals surface area contributed by atoms with Gasteiger partial charge in [-0.15, -0.1) is 0 Å². The van der Waals surface area contributed by atoms with Crippen LogP contribution in [0.4, 0.5) is 4.79 Å². The molecule has 0 radical (unpaired) electrons. The number of fused-ring (bicyclic) bond motifs is 2. The van der Waals surface area contributed by atoms with Crippen molar-refractivity contribution in [2.45, 2.75) is 121 Å². The molecular formula is C27H42N4O5. The zero-order chi connectivity index (χ0) is 25.9. The maximum atomic E-state index is 13.6. The first-order valence-electron chi connectivity index (χ1n) is 13.7. The highest BCUT2D eigenvalue weighted by Crippen LogP contribution is 2.46. The molecule has 4 aliphatic rings. The standard InChI is InChI=1S/C27H42N4O5/c1-26(2,3)30-25(35)36-21-15-8-6-4-5-7-11-18-17-27(18,24(34)28-19-12-9-13-19)29-22(32)20-14-10-16-31(20)23(21)33/h7,11,18-21H,4-6,8-10,12-17H2,1-3H3,(H,28,34)(H,29,32)(H,30,35)/t18-,20+,21+,27-/m1/s1. The summed E-state index contributed by atoms with van der Waals surface area (Å²) in [6.07, 6.45) is 11.3. The number of alkyl carbamates (subject to hydrolysis) is 1. The molecule has 3 fully saturated rings. The first-order chi connectivity index (χ1) is 17.1. The number of nitrogens with zero attached hydrogens (tertiary/aromatic N) is 1. The number of hydrogen-bond donors (Lipinski definition) is 3. The summed E-state index contributed by atoms with van der Waals surface area (Å²) >= 11 is 0. The summed E-state index contributed by atoms with van der Waals surface area (Å²) in [6, 6.07) is -0.481. The van der Waals surface area contributed by atoms with E-state index in [1.807, 2.05) is 20.8 Å². The van der Waals surface area contributed by atoms with Crippen molar-refractivity contribution in [2.75, 3.05) is 6.54 Å². The van der Waals surface area contributed by atoms with Crippen LogP contribution in [0.15, 0.2) is 12.2 Å². The average molecular weight is 503 g/mol. The van der Waals surface area contributed by atoms with E-state index in [4.69, 9.17) is 4.74 Å². The molecule has 0 aromatic heterocycles. The lowest BCUT2D eigenvalue weighted by Gasteiger charge is -2.32. The highest BCUT2D eigenvalue weighted by molar-refractivity contribution is 5.98. The number of carbonyl (C=O) groups is 4. The predicted octanol–water partition coefficient (Wildman–Crippen LogP) is 2.93. The monoisotopic (exact) mass is 502 g/mol. The third-order valence-electron chi connectivity index (χ3n) is 7.75. The van der Waals surface area contributed by atoms with Crippen molar-refractivity contribution < 1.29 is 23.9 Å². The normalized spacial score (nSPS) is 31.6. The third kappa shape index (κ3) is 6.21. The van der Waals surface area contributed by atoms with E-state index in [2.05, 4.69) is 28.1 Å². The van der Waals surface area contributed by atoms with Crippen molar-refractivity contribution in [3.05, 3.63) is 12.2 Å². The van der Waals surface area contributed by atoms with Crippen LogP contribution < -0.4 is 16.0 Å². The fourth-order valence-corrected chi connectivity index (χ4v) is 5.37. The highest BCUT2D eigenvalue weighted by Gasteiger charge is 2.61. The first-order valence-corrected chi connectivity index (χ1v) is 13.7. The number of allylic oxidation sites excluding steroid dienone is 1. The molecule has 0 aromatic carbocycles. The predicted molar refractivity (Wildman–Crippen MR) is 135 cm³/mol. The number of ether oxygens (including phenoxy) is 1. The topological polar surface area (TPSA) is 117 Å². The Hall–Kier alpha value is -2.58. The molecule has 2 saturated carbocycles. The molecule has 2 heterocycles. The molecule has 9 heteroatoms. The van der Waals surface area contributed by atoms with E-state index in [9.17, 15) is 19.2 Å². The summed E-state index contributed by atoms with van der Waals surface area (Å²) in [7, 11) is 0. The van der Waals surface area contributed by atoms with Crippen LogP contribution in [0.25, 0.3) is 0 Å². The Kier molecular flexibility index (Phi) is 7.95. The van der Waals surface area contributed by atoms with E-state index in [1.165, 1.54) is 0 Å². The van der Waals surface area contributed by atoms with Gasteiger partial charge in [0.05, 0.1) is 0 Å². The molecule has 1 saturated heterocycles. The van der Waals surface area contributed by atoms with Crippen molar-refractivity contribution in [2.24, 2.45) is 5.92 Å². The number of carbonyl (C=O) groups excluding carboxylic acids is 4. The summed E-state index contributed by atoms with van der Waals surface area (Å²) in [6.45, 7) is 5.98. The second kappa shape index (κ2) is 10.8. The largest absolute Gasteiger partial charge is 0.436 e. The van der Waals surface area contributed by atoms with E-state index < -0.39 is 29.3 Å². The minimum Gasteiger partial charge on any atom is -0.436 e. The van der Waals surface area contributed by atoms with Crippen molar-refractivity contribution in [1.29, 1.82) is 0 Å². The zero-order valence-electron chi connectivity index (χ0n) is 21.9. The summed E-state index contributed by atoms with van der Waals surface area (Å²) in [5, 5.41) is 8.93. The van der Waals surface area contributed by atoms with Gasteiger partial charge >= 0.3 is 6.09 Å². The quantitative estimate of drug-likeness (QED) is 0.513. The van der Waals surface area contributed by atoms with E-state index in [0.717, 1.165) is 44.9 Å². The van der Waals surface area contributed by atoms with Crippen LogP contribution in [0.1, 0.15) is 91.4 Å². The van der Waals surface area contributed by atoms with Gasteiger partial charge in [-0.3, -0.25) is 14.4 Å². The molecule has 0 aromatic rings. The summed E-state index contributed by atoms with van der Waals surface area (Å²) in [5.41, 5.74) is -1.43. The molecule has 200 valence electrons. The Bertz CT molecular complexity index is 893. The zero-order valence-corrected chi connectivity index (χ0v) is 21.9. The molecule has 3 N–H and O–H groups in total. The van der Waals surface area contributed by atoms with Crippen LogP contribution in [0.5, 0.6) is 0 Å². The van der Waals surface area contributed by atoms with Gasteiger partial charge < -0.3 is 25.6 Å². The third-order valence-corrected chi connectivity index (χ3v) is 7.75. The molecular weight excluding hydrogens is 460 g/mol. The Morgan fingerprint density at radius 1 is 1.06 bits per heavy atom. The van der Waals surface area contributed by atoms with Crippen LogP contribution in [0.3, 0.4) is 0 Å². The van der Waals surface area contributed by atoms with Crippen molar-refractivity contribution in [3.63, 3.8) is 0 Å². The number of amides is 4. The van der Waals surface area contributed by atoms with Gasteiger partial charge in [0, 0.05) is 24.0 Å². The molecule has 36 heavy (non-hydrogen) atoms. The lowest BCUT2D eigenvalue weighted by molar-refractivity contribution is -0.146. The number of rotatable bonds is 3. The van der Waals surface area contributed by atoms with Gasteiger partial charge in [0.2, 0.25) is 11.8 Å². The SMILES string of the molecule is CC(C)(C)NC(=O)O[C@H]1CCCCCC=C[C@@H]2C[C@@]2(C(=O)NC2CCC2)NC(=O)[C@@H]2CCCN2C1=O. The Morgan fingerprint density at radius 2 is 1.83 bits per heavy atom. The molecule has 0 spiro atoms. The summed E-state index contributed by atoms with van der Waals surface area (Å²) in [5.74, 6) is -0.775. The molecule has 2 aliphatic heterocycles. The number of nitrogens with one attached hydrogen (secondary N) is 3. The van der Waals surface area contributed by atoms with Gasteiger partial charge in [-0.1, -0.05) is 18.6 Å². The Morgan fingerprint density at radius 3 is 2.53 bits per heavy atom. The smallest absolute Gasteiger partial charge is 0.408 e. The van der Waals surface area contributed by atoms with Gasteiger partial charge in [-0.05, 0) is 85.0 Å². The van der Waals surface area contributed by atoms with Crippen LogP contribution in [0.2, 0.25) is 0 Å². The average Bonchev–Trinajstić information content (AvgIpc) is 3.23. The van der Waals surface area contributed by atoms with Gasteiger partial charge in [0.1, 0.15) is 11.6 Å². The Balaban J connectivity index is 1.51. The van der Waals surface area contributed by atoms with E-state index >= 15 is 0 Å². The second-order valence-electron chi connectivity index (χ2n) is 11.9. The maximum Gasteiger partial charge on any atom is 0.408 e. The summed E-state index contributed by atoms with van der Waals surface area (Å²) in [4.78, 5) is 54.3. The minimum absolute atomic E-state index is 0.0330. The second-order valence-corrected chi connectivity index (χ2v) is 11.9.